The number of amidine groups is 1. The third-order valence-electron chi connectivity index (χ3n) is 4.08. The van der Waals surface area contributed by atoms with E-state index in [1.165, 1.54) is 10.9 Å². The molecule has 2 aromatic rings. The largest absolute Gasteiger partial charge is 0.354 e. The number of nitrogens with one attached hydrogen (secondary N) is 2. The minimum absolute atomic E-state index is 0.0681. The summed E-state index contributed by atoms with van der Waals surface area (Å²) >= 11 is 1.65. The first kappa shape index (κ1) is 18.6. The average molecular weight is 392 g/mol. The van der Waals surface area contributed by atoms with Gasteiger partial charge in [-0.2, -0.15) is 0 Å². The molecule has 138 valence electrons. The van der Waals surface area contributed by atoms with Crippen LogP contribution in [0.5, 0.6) is 0 Å². The van der Waals surface area contributed by atoms with Crippen LogP contribution < -0.4 is 10.0 Å². The highest BCUT2D eigenvalue weighted by molar-refractivity contribution is 7.90. The lowest BCUT2D eigenvalue weighted by atomic mass is 10.0. The van der Waals surface area contributed by atoms with Gasteiger partial charge >= 0.3 is 0 Å². The Morgan fingerprint density at radius 3 is 2.69 bits per heavy atom. The summed E-state index contributed by atoms with van der Waals surface area (Å²) in [4.78, 5) is 18.4. The first-order chi connectivity index (χ1) is 12.4. The predicted molar refractivity (Wildman–Crippen MR) is 103 cm³/mol. The van der Waals surface area contributed by atoms with E-state index in [1.54, 1.807) is 29.5 Å². The van der Waals surface area contributed by atoms with Crippen molar-refractivity contribution in [3.05, 3.63) is 52.2 Å². The van der Waals surface area contributed by atoms with Crippen molar-refractivity contribution < 1.29 is 13.2 Å². The van der Waals surface area contributed by atoms with Gasteiger partial charge < -0.3 is 5.32 Å². The van der Waals surface area contributed by atoms with Crippen molar-refractivity contribution in [3.63, 3.8) is 0 Å². The summed E-state index contributed by atoms with van der Waals surface area (Å²) in [6, 6.07) is 9.99. The molecule has 26 heavy (non-hydrogen) atoms. The van der Waals surface area contributed by atoms with Crippen molar-refractivity contribution in [2.45, 2.75) is 31.2 Å². The summed E-state index contributed by atoms with van der Waals surface area (Å²) in [5, 5.41) is 4.91. The van der Waals surface area contributed by atoms with Gasteiger partial charge in [-0.05, 0) is 35.9 Å². The van der Waals surface area contributed by atoms with Gasteiger partial charge in [0.2, 0.25) is 5.91 Å². The number of carbonyl (C=O) groups is 1. The summed E-state index contributed by atoms with van der Waals surface area (Å²) in [6.45, 7) is 4.31. The topological polar surface area (TPSA) is 87.6 Å². The van der Waals surface area contributed by atoms with E-state index in [0.29, 0.717) is 12.1 Å². The molecule has 8 heteroatoms. The van der Waals surface area contributed by atoms with Crippen LogP contribution >= 0.6 is 11.3 Å². The smallest absolute Gasteiger partial charge is 0.263 e. The molecule has 6 nitrogen and oxygen atoms in total. The maximum atomic E-state index is 12.6. The van der Waals surface area contributed by atoms with Crippen LogP contribution in [0.1, 0.15) is 24.3 Å². The Kier molecular flexibility index (Phi) is 5.43. The number of aliphatic imine (C=N–C) groups is 1. The molecule has 2 N–H and O–H groups in total. The van der Waals surface area contributed by atoms with E-state index in [1.807, 2.05) is 31.4 Å². The van der Waals surface area contributed by atoms with Gasteiger partial charge in [0.25, 0.3) is 10.0 Å². The molecule has 1 atom stereocenters. The van der Waals surface area contributed by atoms with Crippen LogP contribution in [0, 0.1) is 5.92 Å². The van der Waals surface area contributed by atoms with Crippen LogP contribution in [-0.2, 0) is 21.2 Å². The molecule has 1 unspecified atom stereocenters. The van der Waals surface area contributed by atoms with Crippen LogP contribution in [0.25, 0.3) is 0 Å². The zero-order valence-electron chi connectivity index (χ0n) is 14.6. The standard InChI is InChI=1S/C18H21N3O3S2/c1-12(2)16(18(22)19-10-9-13-6-5-11-25-13)20-17-14-7-3-4-8-15(14)26(23,24)21-17/h3-8,11-12,16H,9-10H2,1-2H3,(H,19,22)(H,20,21). The molecule has 1 aliphatic rings. The van der Waals surface area contributed by atoms with Crippen LogP contribution in [0.2, 0.25) is 0 Å². The number of fused-ring (bicyclic) bond motifs is 1. The highest BCUT2D eigenvalue weighted by atomic mass is 32.2. The van der Waals surface area contributed by atoms with Crippen molar-refractivity contribution in [2.24, 2.45) is 10.9 Å². The molecule has 1 amide bonds. The van der Waals surface area contributed by atoms with E-state index in [-0.39, 0.29) is 22.6 Å². The predicted octanol–water partition coefficient (Wildman–Crippen LogP) is 2.17. The zero-order valence-corrected chi connectivity index (χ0v) is 16.2. The lowest BCUT2D eigenvalue weighted by Gasteiger charge is -2.17. The summed E-state index contributed by atoms with van der Waals surface area (Å²) < 4.78 is 26.9. The fourth-order valence-corrected chi connectivity index (χ4v) is 4.70. The first-order valence-corrected chi connectivity index (χ1v) is 10.7. The second-order valence-corrected chi connectivity index (χ2v) is 9.07. The number of rotatable bonds is 6. The second-order valence-electron chi connectivity index (χ2n) is 6.39. The molecule has 1 aromatic carbocycles. The van der Waals surface area contributed by atoms with Crippen molar-refractivity contribution >= 4 is 33.1 Å². The van der Waals surface area contributed by atoms with Crippen molar-refractivity contribution in [1.29, 1.82) is 0 Å². The Hall–Kier alpha value is -2.19. The maximum absolute atomic E-state index is 12.6. The molecule has 0 saturated heterocycles. The van der Waals surface area contributed by atoms with Gasteiger partial charge in [0, 0.05) is 17.0 Å². The van der Waals surface area contributed by atoms with Crippen LogP contribution in [0.4, 0.5) is 0 Å². The number of nitrogens with zero attached hydrogens (tertiary/aromatic N) is 1. The lowest BCUT2D eigenvalue weighted by Crippen LogP contribution is -2.39. The number of carbonyl (C=O) groups excluding carboxylic acids is 1. The third-order valence-corrected chi connectivity index (χ3v) is 6.42. The van der Waals surface area contributed by atoms with Gasteiger partial charge in [-0.15, -0.1) is 11.3 Å². The van der Waals surface area contributed by atoms with E-state index >= 15 is 0 Å². The minimum Gasteiger partial charge on any atom is -0.354 e. The highest BCUT2D eigenvalue weighted by Gasteiger charge is 2.32. The fourth-order valence-electron chi connectivity index (χ4n) is 2.75. The number of hydrogen-bond donors (Lipinski definition) is 2. The molecule has 1 aromatic heterocycles. The molecule has 3 rings (SSSR count). The summed E-state index contributed by atoms with van der Waals surface area (Å²) in [5.74, 6) is -0.0400. The van der Waals surface area contributed by atoms with Crippen LogP contribution in [0.3, 0.4) is 0 Å². The number of benzene rings is 1. The molecule has 0 spiro atoms. The summed E-state index contributed by atoms with van der Waals surface area (Å²) in [5.41, 5.74) is 0.504. The molecule has 0 saturated carbocycles. The van der Waals surface area contributed by atoms with Gasteiger partial charge in [0.15, 0.2) is 0 Å². The molecular formula is C18H21N3O3S2. The number of amides is 1. The molecule has 1 aliphatic heterocycles. The van der Waals surface area contributed by atoms with Gasteiger partial charge in [0.05, 0.1) is 4.90 Å². The van der Waals surface area contributed by atoms with Crippen LogP contribution in [0.15, 0.2) is 51.7 Å². The fraction of sp³-hybridized carbons (Fsp3) is 0.333. The molecule has 0 radical (unpaired) electrons. The first-order valence-electron chi connectivity index (χ1n) is 8.38. The second kappa shape index (κ2) is 7.59. The quantitative estimate of drug-likeness (QED) is 0.791. The Balaban J connectivity index is 1.76. The number of thiophene rings is 1. The van der Waals surface area contributed by atoms with E-state index < -0.39 is 16.1 Å². The zero-order chi connectivity index (χ0) is 18.7. The van der Waals surface area contributed by atoms with Gasteiger partial charge in [-0.25, -0.2) is 8.42 Å². The summed E-state index contributed by atoms with van der Waals surface area (Å²) in [6.07, 6.45) is 0.764. The monoisotopic (exact) mass is 391 g/mol. The normalized spacial score (nSPS) is 17.7. The van der Waals surface area contributed by atoms with Crippen molar-refractivity contribution in [1.82, 2.24) is 10.0 Å². The highest BCUT2D eigenvalue weighted by Crippen LogP contribution is 2.23. The summed E-state index contributed by atoms with van der Waals surface area (Å²) in [7, 11) is -3.61. The van der Waals surface area contributed by atoms with Gasteiger partial charge in [-0.3, -0.25) is 14.5 Å². The SMILES string of the molecule is CC(C)C(N=C1NS(=O)(=O)c2ccccc21)C(=O)NCCc1cccs1. The minimum atomic E-state index is -3.61. The lowest BCUT2D eigenvalue weighted by molar-refractivity contribution is -0.123. The van der Waals surface area contributed by atoms with Crippen molar-refractivity contribution in [3.8, 4) is 0 Å². The van der Waals surface area contributed by atoms with Crippen LogP contribution in [-0.4, -0.2) is 32.7 Å². The number of sulfonamides is 1. The maximum Gasteiger partial charge on any atom is 0.263 e. The van der Waals surface area contributed by atoms with E-state index in [0.717, 1.165) is 6.42 Å². The van der Waals surface area contributed by atoms with Crippen molar-refractivity contribution in [2.75, 3.05) is 6.54 Å². The van der Waals surface area contributed by atoms with Gasteiger partial charge in [-0.1, -0.05) is 32.0 Å². The van der Waals surface area contributed by atoms with Gasteiger partial charge in [0.1, 0.15) is 11.9 Å². The van der Waals surface area contributed by atoms with E-state index in [2.05, 4.69) is 15.0 Å². The number of hydrogen-bond acceptors (Lipinski definition) is 5. The molecule has 0 aliphatic carbocycles. The Bertz CT molecular complexity index is 919. The third kappa shape index (κ3) is 3.96. The Morgan fingerprint density at radius 2 is 2.00 bits per heavy atom. The van der Waals surface area contributed by atoms with E-state index in [9.17, 15) is 13.2 Å². The Labute approximate surface area is 157 Å². The molecule has 2 heterocycles. The average Bonchev–Trinajstić information content (AvgIpc) is 3.19. The Morgan fingerprint density at radius 1 is 1.23 bits per heavy atom. The van der Waals surface area contributed by atoms with E-state index in [4.69, 9.17) is 0 Å². The molecular weight excluding hydrogens is 370 g/mol. The molecule has 0 bridgehead atoms. The molecule has 0 fully saturated rings.